The second-order valence-electron chi connectivity index (χ2n) is 6.71. The Morgan fingerprint density at radius 3 is 2.74 bits per heavy atom. The second-order valence-corrected chi connectivity index (χ2v) is 8.67. The van der Waals surface area contributed by atoms with E-state index in [2.05, 4.69) is 26.7 Å². The second kappa shape index (κ2) is 7.11. The molecule has 0 aromatic carbocycles. The van der Waals surface area contributed by atoms with Crippen LogP contribution in [0.4, 0.5) is 5.69 Å². The smallest absolute Gasteiger partial charge is 0.235 e. The van der Waals surface area contributed by atoms with E-state index < -0.39 is 10.0 Å². The summed E-state index contributed by atoms with van der Waals surface area (Å²) in [5.41, 5.74) is 4.07. The van der Waals surface area contributed by atoms with Crippen LogP contribution in [0.1, 0.15) is 31.9 Å². The molecule has 0 bridgehead atoms. The Hall–Kier alpha value is -2.74. The van der Waals surface area contributed by atoms with E-state index in [-0.39, 0.29) is 5.25 Å². The average Bonchev–Trinajstić information content (AvgIpc) is 3.41. The van der Waals surface area contributed by atoms with Gasteiger partial charge in [0.05, 0.1) is 34.7 Å². The number of pyridine rings is 2. The lowest BCUT2D eigenvalue weighted by atomic mass is 10.2. The molecular weight excluding hydrogens is 362 g/mol. The van der Waals surface area contributed by atoms with Gasteiger partial charge in [0.2, 0.25) is 10.0 Å². The number of rotatable bonds is 7. The van der Waals surface area contributed by atoms with Crippen molar-refractivity contribution in [3.63, 3.8) is 0 Å². The van der Waals surface area contributed by atoms with E-state index in [0.29, 0.717) is 5.69 Å². The Balaban J connectivity index is 1.52. The van der Waals surface area contributed by atoms with Crippen LogP contribution in [0, 0.1) is 0 Å². The van der Waals surface area contributed by atoms with E-state index >= 15 is 0 Å². The number of nitrogens with zero attached hydrogens (tertiary/aromatic N) is 4. The summed E-state index contributed by atoms with van der Waals surface area (Å²) in [7, 11) is -3.27. The number of hydrogen-bond donors (Lipinski definition) is 1. The number of aryl methyl sites for hydroxylation is 1. The van der Waals surface area contributed by atoms with Crippen molar-refractivity contribution in [1.29, 1.82) is 0 Å². The summed E-state index contributed by atoms with van der Waals surface area (Å²) in [6, 6.07) is 7.47. The van der Waals surface area contributed by atoms with Gasteiger partial charge >= 0.3 is 0 Å². The summed E-state index contributed by atoms with van der Waals surface area (Å²) in [4.78, 5) is 8.74. The number of sulfonamides is 1. The zero-order valence-electron chi connectivity index (χ0n) is 15.0. The third-order valence-electron chi connectivity index (χ3n) is 4.44. The minimum Gasteiger partial charge on any atom is -0.282 e. The molecule has 3 heterocycles. The lowest BCUT2D eigenvalue weighted by Gasteiger charge is -2.06. The van der Waals surface area contributed by atoms with E-state index in [1.54, 1.807) is 35.4 Å². The van der Waals surface area contributed by atoms with Gasteiger partial charge in [-0.05, 0) is 43.5 Å². The van der Waals surface area contributed by atoms with E-state index in [9.17, 15) is 8.42 Å². The molecule has 0 spiro atoms. The molecule has 0 radical (unpaired) electrons. The van der Waals surface area contributed by atoms with Gasteiger partial charge in [0.25, 0.3) is 0 Å². The summed E-state index contributed by atoms with van der Waals surface area (Å²) in [5, 5.41) is 4.16. The first kappa shape index (κ1) is 17.7. The minimum atomic E-state index is -3.27. The fraction of sp³-hybridized carbons (Fsp3) is 0.316. The Kier molecular flexibility index (Phi) is 4.65. The van der Waals surface area contributed by atoms with E-state index in [0.717, 1.165) is 48.3 Å². The third kappa shape index (κ3) is 4.00. The fourth-order valence-corrected chi connectivity index (χ4v) is 4.22. The summed E-state index contributed by atoms with van der Waals surface area (Å²) >= 11 is 0. The predicted molar refractivity (Wildman–Crippen MR) is 104 cm³/mol. The lowest BCUT2D eigenvalue weighted by molar-refractivity contribution is 0.600. The Morgan fingerprint density at radius 1 is 1.19 bits per heavy atom. The molecule has 1 saturated carbocycles. The molecule has 0 atom stereocenters. The lowest BCUT2D eigenvalue weighted by Crippen LogP contribution is -2.17. The molecule has 0 amide bonds. The number of hydrogen-bond acceptors (Lipinski definition) is 5. The molecule has 4 rings (SSSR count). The number of anilines is 1. The maximum atomic E-state index is 12.0. The monoisotopic (exact) mass is 383 g/mol. The Bertz CT molecular complexity index is 1040. The zero-order valence-corrected chi connectivity index (χ0v) is 15.9. The number of aromatic nitrogens is 4. The first-order valence-electron chi connectivity index (χ1n) is 9.03. The minimum absolute atomic E-state index is 0.256. The predicted octanol–water partition coefficient (Wildman–Crippen LogP) is 3.19. The van der Waals surface area contributed by atoms with Crippen LogP contribution in [0.25, 0.3) is 16.9 Å². The van der Waals surface area contributed by atoms with Crippen molar-refractivity contribution >= 4 is 15.7 Å². The van der Waals surface area contributed by atoms with Crippen LogP contribution < -0.4 is 4.72 Å². The van der Waals surface area contributed by atoms with Gasteiger partial charge in [-0.2, -0.15) is 5.10 Å². The van der Waals surface area contributed by atoms with Crippen LogP contribution in [-0.4, -0.2) is 33.4 Å². The van der Waals surface area contributed by atoms with E-state index in [1.165, 1.54) is 0 Å². The number of nitrogens with one attached hydrogen (secondary N) is 1. The molecule has 1 aliphatic carbocycles. The van der Waals surface area contributed by atoms with Crippen LogP contribution in [0.2, 0.25) is 0 Å². The van der Waals surface area contributed by atoms with Gasteiger partial charge in [0.1, 0.15) is 0 Å². The Morgan fingerprint density at radius 2 is 2.04 bits per heavy atom. The van der Waals surface area contributed by atoms with Gasteiger partial charge in [-0.3, -0.25) is 14.7 Å². The van der Waals surface area contributed by atoms with Gasteiger partial charge in [0, 0.05) is 23.7 Å². The molecule has 0 unspecified atom stereocenters. The maximum Gasteiger partial charge on any atom is 0.235 e. The van der Waals surface area contributed by atoms with Crippen LogP contribution in [0.3, 0.4) is 0 Å². The molecule has 3 aromatic heterocycles. The van der Waals surface area contributed by atoms with E-state index in [1.807, 2.05) is 18.3 Å². The summed E-state index contributed by atoms with van der Waals surface area (Å²) in [6.45, 7) is 2.13. The van der Waals surface area contributed by atoms with Crippen LogP contribution in [0.5, 0.6) is 0 Å². The van der Waals surface area contributed by atoms with Crippen molar-refractivity contribution in [1.82, 2.24) is 19.7 Å². The van der Waals surface area contributed by atoms with Gasteiger partial charge in [-0.25, -0.2) is 13.1 Å². The van der Waals surface area contributed by atoms with Crippen molar-refractivity contribution in [2.24, 2.45) is 0 Å². The summed E-state index contributed by atoms with van der Waals surface area (Å²) < 4.78 is 28.4. The van der Waals surface area contributed by atoms with Crippen molar-refractivity contribution < 1.29 is 8.42 Å². The third-order valence-corrected chi connectivity index (χ3v) is 6.31. The molecule has 0 saturated heterocycles. The maximum absolute atomic E-state index is 12.0. The molecule has 1 fully saturated rings. The highest BCUT2D eigenvalue weighted by Crippen LogP contribution is 2.30. The SMILES string of the molecule is CCCc1cc(-n2cc(-c3ccc(NS(=O)(=O)C4CC4)cn3)cn2)ccn1. The molecule has 140 valence electrons. The van der Waals surface area contributed by atoms with Gasteiger partial charge in [-0.15, -0.1) is 0 Å². The molecule has 8 heteroatoms. The summed E-state index contributed by atoms with van der Waals surface area (Å²) in [6.07, 6.45) is 10.4. The molecule has 27 heavy (non-hydrogen) atoms. The topological polar surface area (TPSA) is 89.8 Å². The quantitative estimate of drug-likeness (QED) is 0.677. The van der Waals surface area contributed by atoms with Crippen LogP contribution in [-0.2, 0) is 16.4 Å². The van der Waals surface area contributed by atoms with Crippen molar-refractivity contribution in [3.05, 3.63) is 54.7 Å². The van der Waals surface area contributed by atoms with Crippen molar-refractivity contribution in [3.8, 4) is 16.9 Å². The fourth-order valence-electron chi connectivity index (χ4n) is 2.85. The normalized spacial score (nSPS) is 14.3. The highest BCUT2D eigenvalue weighted by Gasteiger charge is 2.35. The molecule has 7 nitrogen and oxygen atoms in total. The standard InChI is InChI=1S/C19H21N5O2S/c1-2-3-15-10-17(8-9-20-15)24-13-14(11-22-24)19-7-4-16(12-21-19)23-27(25,26)18-5-6-18/h4,7-13,18,23H,2-3,5-6H2,1H3. The van der Waals surface area contributed by atoms with Gasteiger partial charge < -0.3 is 0 Å². The van der Waals surface area contributed by atoms with Gasteiger partial charge in [0.15, 0.2) is 0 Å². The largest absolute Gasteiger partial charge is 0.282 e. The molecule has 0 aliphatic heterocycles. The first-order chi connectivity index (χ1) is 13.0. The summed E-state index contributed by atoms with van der Waals surface area (Å²) in [5.74, 6) is 0. The van der Waals surface area contributed by atoms with Crippen molar-refractivity contribution in [2.45, 2.75) is 37.9 Å². The average molecular weight is 383 g/mol. The highest BCUT2D eigenvalue weighted by molar-refractivity contribution is 7.93. The highest BCUT2D eigenvalue weighted by atomic mass is 32.2. The molecule has 1 N–H and O–H groups in total. The van der Waals surface area contributed by atoms with Crippen LogP contribution >= 0.6 is 0 Å². The molecular formula is C19H21N5O2S. The molecule has 1 aliphatic rings. The zero-order chi connectivity index (χ0) is 18.9. The first-order valence-corrected chi connectivity index (χ1v) is 10.6. The molecule has 3 aromatic rings. The van der Waals surface area contributed by atoms with Gasteiger partial charge in [-0.1, -0.05) is 13.3 Å². The van der Waals surface area contributed by atoms with Crippen LogP contribution in [0.15, 0.2) is 49.1 Å². The Labute approximate surface area is 158 Å². The van der Waals surface area contributed by atoms with E-state index in [4.69, 9.17) is 0 Å². The van der Waals surface area contributed by atoms with Crippen molar-refractivity contribution in [2.75, 3.05) is 4.72 Å².